The fraction of sp³-hybridized carbons (Fsp3) is 0. The van der Waals surface area contributed by atoms with E-state index in [0.29, 0.717) is 0 Å². The molecule has 0 saturated carbocycles. The van der Waals surface area contributed by atoms with Crippen LogP contribution in [0.2, 0.25) is 0 Å². The third-order valence-electron chi connectivity index (χ3n) is 8.83. The Hall–Kier alpha value is -5.16. The van der Waals surface area contributed by atoms with Gasteiger partial charge in [0.2, 0.25) is 0 Å². The zero-order valence-electron chi connectivity index (χ0n) is 23.5. The Morgan fingerprint density at radius 2 is 1.02 bits per heavy atom. The van der Waals surface area contributed by atoms with Gasteiger partial charge in [-0.25, -0.2) is 0 Å². The summed E-state index contributed by atoms with van der Waals surface area (Å²) in [6.07, 6.45) is 0. The van der Waals surface area contributed by atoms with Crippen LogP contribution in [-0.4, -0.2) is 0 Å². The Kier molecular flexibility index (Phi) is 5.06. The lowest BCUT2D eigenvalue weighted by atomic mass is 10.0. The molecule has 2 nitrogen and oxygen atoms in total. The van der Waals surface area contributed by atoms with Gasteiger partial charge in [0.15, 0.2) is 0 Å². The lowest BCUT2D eigenvalue weighted by molar-refractivity contribution is 0.669. The van der Waals surface area contributed by atoms with Gasteiger partial charge < -0.3 is 9.32 Å². The number of hydrogen-bond donors (Lipinski definition) is 0. The van der Waals surface area contributed by atoms with Gasteiger partial charge in [-0.3, -0.25) is 0 Å². The molecule has 0 atom stereocenters. The minimum absolute atomic E-state index is 0.903. The van der Waals surface area contributed by atoms with E-state index in [9.17, 15) is 0 Å². The number of para-hydroxylation sites is 1. The van der Waals surface area contributed by atoms with Crippen LogP contribution in [-0.2, 0) is 0 Å². The molecule has 0 saturated heterocycles. The van der Waals surface area contributed by atoms with Crippen molar-refractivity contribution in [3.05, 3.63) is 140 Å². The van der Waals surface area contributed by atoms with Crippen molar-refractivity contribution < 1.29 is 4.42 Å². The van der Waals surface area contributed by atoms with E-state index in [1.807, 2.05) is 34.8 Å². The molecule has 0 unspecified atom stereocenters. The molecule has 0 aliphatic heterocycles. The van der Waals surface area contributed by atoms with Crippen molar-refractivity contribution in [3.63, 3.8) is 0 Å². The average molecular weight is 598 g/mol. The van der Waals surface area contributed by atoms with Gasteiger partial charge in [0.05, 0.1) is 5.69 Å². The molecule has 206 valence electrons. The van der Waals surface area contributed by atoms with Gasteiger partial charge in [0.1, 0.15) is 11.2 Å². The van der Waals surface area contributed by atoms with E-state index in [1.165, 1.54) is 51.1 Å². The summed E-state index contributed by atoms with van der Waals surface area (Å²) in [5, 5.41) is 9.99. The van der Waals surface area contributed by atoms with Crippen molar-refractivity contribution in [2.24, 2.45) is 0 Å². The zero-order valence-corrected chi connectivity index (χ0v) is 25.1. The largest absolute Gasteiger partial charge is 0.456 e. The Labute approximate surface area is 260 Å². The molecule has 0 aliphatic carbocycles. The molecule has 0 aliphatic rings. The minimum Gasteiger partial charge on any atom is -0.456 e. The highest BCUT2D eigenvalue weighted by molar-refractivity contribution is 7.26. The molecule has 44 heavy (non-hydrogen) atoms. The van der Waals surface area contributed by atoms with Gasteiger partial charge in [0, 0.05) is 67.9 Å². The standard InChI is InChI=1S/C40H23NOS2/c1-4-13-35-27(9-1)32-21-25(17-19-36(32)42-35)41(26-16-18-30-28-10-2-5-14-37(28)43-39(30)22-26)34-12-7-8-24-20-33-29-11-3-6-15-38(29)44-40(33)23-31(24)34/h1-23H. The predicted octanol–water partition coefficient (Wildman–Crippen LogP) is 12.9. The SMILES string of the molecule is c1cc(N(c2ccc3c(c2)sc2ccccc23)c2ccc3oc4ccccc4c3c2)c2cc3sc4ccccc4c3cc2c1. The molecule has 7 aromatic carbocycles. The van der Waals surface area contributed by atoms with Crippen LogP contribution in [0.4, 0.5) is 17.1 Å². The van der Waals surface area contributed by atoms with Crippen molar-refractivity contribution in [2.45, 2.75) is 0 Å². The van der Waals surface area contributed by atoms with E-state index in [0.717, 1.165) is 39.0 Å². The van der Waals surface area contributed by atoms with Crippen LogP contribution in [0.15, 0.2) is 144 Å². The van der Waals surface area contributed by atoms with Gasteiger partial charge in [0.25, 0.3) is 0 Å². The third kappa shape index (κ3) is 3.53. The third-order valence-corrected chi connectivity index (χ3v) is 11.1. The van der Waals surface area contributed by atoms with E-state index >= 15 is 0 Å². The first kappa shape index (κ1) is 24.3. The molecule has 0 spiro atoms. The predicted molar refractivity (Wildman–Crippen MR) is 192 cm³/mol. The van der Waals surface area contributed by atoms with E-state index in [1.54, 1.807) is 0 Å². The zero-order chi connectivity index (χ0) is 28.8. The highest BCUT2D eigenvalue weighted by Gasteiger charge is 2.19. The number of benzene rings is 7. The fourth-order valence-corrected chi connectivity index (χ4v) is 9.08. The maximum absolute atomic E-state index is 6.22. The molecule has 0 amide bonds. The summed E-state index contributed by atoms with van der Waals surface area (Å²) in [4.78, 5) is 2.42. The Morgan fingerprint density at radius 1 is 0.386 bits per heavy atom. The molecular weight excluding hydrogens is 575 g/mol. The van der Waals surface area contributed by atoms with Crippen LogP contribution in [0.1, 0.15) is 0 Å². The van der Waals surface area contributed by atoms with E-state index in [2.05, 4.69) is 132 Å². The summed E-state index contributed by atoms with van der Waals surface area (Å²) in [5.74, 6) is 0. The number of rotatable bonds is 3. The number of hydrogen-bond acceptors (Lipinski definition) is 4. The van der Waals surface area contributed by atoms with Gasteiger partial charge in [-0.2, -0.15) is 0 Å². The summed E-state index contributed by atoms with van der Waals surface area (Å²) in [5.41, 5.74) is 5.22. The second-order valence-corrected chi connectivity index (χ2v) is 13.5. The van der Waals surface area contributed by atoms with Gasteiger partial charge in [-0.1, -0.05) is 72.8 Å². The van der Waals surface area contributed by atoms with E-state index < -0.39 is 0 Å². The molecular formula is C40H23NOS2. The number of thiophene rings is 2. The molecule has 10 rings (SSSR count). The van der Waals surface area contributed by atoms with Crippen molar-refractivity contribution in [1.82, 2.24) is 0 Å². The van der Waals surface area contributed by atoms with Crippen LogP contribution in [0, 0.1) is 0 Å². The Bertz CT molecular complexity index is 2750. The molecule has 3 aromatic heterocycles. The van der Waals surface area contributed by atoms with Crippen molar-refractivity contribution in [1.29, 1.82) is 0 Å². The fourth-order valence-electron chi connectivity index (χ4n) is 6.81. The Morgan fingerprint density at radius 3 is 1.86 bits per heavy atom. The second kappa shape index (κ2) is 9.17. The van der Waals surface area contributed by atoms with Crippen LogP contribution in [0.3, 0.4) is 0 Å². The molecule has 3 heterocycles. The van der Waals surface area contributed by atoms with Crippen LogP contribution in [0.25, 0.3) is 73.1 Å². The minimum atomic E-state index is 0.903. The van der Waals surface area contributed by atoms with Gasteiger partial charge >= 0.3 is 0 Å². The molecule has 4 heteroatoms. The van der Waals surface area contributed by atoms with Crippen molar-refractivity contribution in [2.75, 3.05) is 4.90 Å². The first-order chi connectivity index (χ1) is 21.8. The molecule has 0 bridgehead atoms. The van der Waals surface area contributed by atoms with Crippen LogP contribution < -0.4 is 4.90 Å². The number of furan rings is 1. The summed E-state index contributed by atoms with van der Waals surface area (Å²) in [6.45, 7) is 0. The lowest BCUT2D eigenvalue weighted by Gasteiger charge is -2.27. The Balaban J connectivity index is 1.26. The maximum Gasteiger partial charge on any atom is 0.135 e. The summed E-state index contributed by atoms with van der Waals surface area (Å²) < 4.78 is 11.5. The second-order valence-electron chi connectivity index (χ2n) is 11.3. The number of anilines is 3. The molecule has 0 radical (unpaired) electrons. The van der Waals surface area contributed by atoms with Gasteiger partial charge in [-0.05, 0) is 72.1 Å². The number of fused-ring (bicyclic) bond motifs is 10. The highest BCUT2D eigenvalue weighted by atomic mass is 32.1. The first-order valence-electron chi connectivity index (χ1n) is 14.8. The van der Waals surface area contributed by atoms with Crippen LogP contribution in [0.5, 0.6) is 0 Å². The van der Waals surface area contributed by atoms with E-state index in [4.69, 9.17) is 4.42 Å². The van der Waals surface area contributed by atoms with Gasteiger partial charge in [-0.15, -0.1) is 22.7 Å². The van der Waals surface area contributed by atoms with Crippen molar-refractivity contribution in [3.8, 4) is 0 Å². The van der Waals surface area contributed by atoms with Crippen LogP contribution >= 0.6 is 22.7 Å². The summed E-state index contributed by atoms with van der Waals surface area (Å²) in [7, 11) is 0. The van der Waals surface area contributed by atoms with Crippen molar-refractivity contribution >= 4 is 113 Å². The first-order valence-corrected chi connectivity index (χ1v) is 16.4. The smallest absolute Gasteiger partial charge is 0.135 e. The topological polar surface area (TPSA) is 16.4 Å². The van der Waals surface area contributed by atoms with E-state index in [-0.39, 0.29) is 0 Å². The maximum atomic E-state index is 6.22. The molecule has 0 N–H and O–H groups in total. The average Bonchev–Trinajstić information content (AvgIpc) is 3.74. The monoisotopic (exact) mass is 597 g/mol. The molecule has 10 aromatic rings. The highest BCUT2D eigenvalue weighted by Crippen LogP contribution is 2.45. The normalized spacial score (nSPS) is 12.1. The number of nitrogens with zero attached hydrogens (tertiary/aromatic N) is 1. The molecule has 0 fully saturated rings. The quantitative estimate of drug-likeness (QED) is 0.201. The summed E-state index contributed by atoms with van der Waals surface area (Å²) in [6, 6.07) is 50.7. The summed E-state index contributed by atoms with van der Waals surface area (Å²) >= 11 is 3.73. The lowest BCUT2D eigenvalue weighted by Crippen LogP contribution is -2.10.